The average Bonchev–Trinajstić information content (AvgIpc) is 3.08. The number of aromatic nitrogens is 2. The minimum absolute atomic E-state index is 0.0116. The molecule has 1 aliphatic rings. The van der Waals surface area contributed by atoms with Crippen LogP contribution in [-0.4, -0.2) is 40.6 Å². The molecule has 0 saturated carbocycles. The highest BCUT2D eigenvalue weighted by Crippen LogP contribution is 2.29. The number of benzene rings is 1. The minimum atomic E-state index is 0.0116. The lowest BCUT2D eigenvalue weighted by Crippen LogP contribution is -2.40. The molecule has 2 aromatic heterocycles. The third-order valence-electron chi connectivity index (χ3n) is 5.43. The van der Waals surface area contributed by atoms with Gasteiger partial charge in [-0.05, 0) is 45.2 Å². The lowest BCUT2D eigenvalue weighted by atomic mass is 9.96. The third kappa shape index (κ3) is 3.32. The van der Waals surface area contributed by atoms with Crippen LogP contribution in [0.5, 0.6) is 0 Å². The van der Waals surface area contributed by atoms with Crippen LogP contribution < -0.4 is 5.73 Å². The van der Waals surface area contributed by atoms with Crippen LogP contribution in [-0.2, 0) is 0 Å². The van der Waals surface area contributed by atoms with Gasteiger partial charge in [-0.2, -0.15) is 0 Å². The van der Waals surface area contributed by atoms with Crippen LogP contribution >= 0.6 is 0 Å². The van der Waals surface area contributed by atoms with Gasteiger partial charge in [-0.15, -0.1) is 0 Å². The van der Waals surface area contributed by atoms with Crippen molar-refractivity contribution in [3.05, 3.63) is 47.2 Å². The molecule has 140 valence electrons. The maximum absolute atomic E-state index is 13.3. The zero-order valence-corrected chi connectivity index (χ0v) is 15.7. The minimum Gasteiger partial charge on any atom is -0.339 e. The van der Waals surface area contributed by atoms with Crippen LogP contribution in [0.25, 0.3) is 22.4 Å². The molecule has 0 spiro atoms. The molecule has 0 unspecified atom stereocenters. The van der Waals surface area contributed by atoms with Crippen molar-refractivity contribution in [1.29, 1.82) is 0 Å². The number of likely N-dealkylation sites (tertiary alicyclic amines) is 1. The highest BCUT2D eigenvalue weighted by atomic mass is 16.5. The second-order valence-corrected chi connectivity index (χ2v) is 7.34. The maximum Gasteiger partial charge on any atom is 0.259 e. The normalized spacial score (nSPS) is 15.4. The van der Waals surface area contributed by atoms with Crippen molar-refractivity contribution in [3.63, 3.8) is 0 Å². The molecule has 4 rings (SSSR count). The second-order valence-electron chi connectivity index (χ2n) is 7.34. The Hall–Kier alpha value is -2.73. The number of carbonyl (C=O) groups is 1. The van der Waals surface area contributed by atoms with Crippen molar-refractivity contribution in [2.24, 2.45) is 11.7 Å². The lowest BCUT2D eigenvalue weighted by Gasteiger charge is -2.31. The average molecular weight is 364 g/mol. The Kier molecular flexibility index (Phi) is 4.66. The Bertz CT molecular complexity index is 970. The fraction of sp³-hybridized carbons (Fsp3) is 0.381. The summed E-state index contributed by atoms with van der Waals surface area (Å²) >= 11 is 0. The van der Waals surface area contributed by atoms with Crippen molar-refractivity contribution >= 4 is 17.0 Å². The molecule has 3 heterocycles. The van der Waals surface area contributed by atoms with E-state index in [-0.39, 0.29) is 5.91 Å². The van der Waals surface area contributed by atoms with Crippen LogP contribution in [0.15, 0.2) is 34.9 Å². The Balaban J connectivity index is 1.75. The Morgan fingerprint density at radius 1 is 1.22 bits per heavy atom. The summed E-state index contributed by atoms with van der Waals surface area (Å²) in [6.45, 7) is 6.03. The van der Waals surface area contributed by atoms with Gasteiger partial charge in [0.2, 0.25) is 0 Å². The molecular weight excluding hydrogens is 340 g/mol. The molecule has 1 aliphatic heterocycles. The molecule has 0 aliphatic carbocycles. The van der Waals surface area contributed by atoms with Crippen LogP contribution in [0, 0.1) is 19.8 Å². The second kappa shape index (κ2) is 7.12. The summed E-state index contributed by atoms with van der Waals surface area (Å²) in [5, 5.41) is 4.74. The number of carbonyl (C=O) groups excluding carboxylic acids is 1. The fourth-order valence-corrected chi connectivity index (χ4v) is 3.68. The smallest absolute Gasteiger partial charge is 0.259 e. The molecule has 0 bridgehead atoms. The molecule has 6 nitrogen and oxygen atoms in total. The first-order valence-electron chi connectivity index (χ1n) is 9.40. The summed E-state index contributed by atoms with van der Waals surface area (Å²) in [4.78, 5) is 19.8. The largest absolute Gasteiger partial charge is 0.339 e. The van der Waals surface area contributed by atoms with E-state index >= 15 is 0 Å². The maximum atomic E-state index is 13.3. The molecule has 1 saturated heterocycles. The van der Waals surface area contributed by atoms with Gasteiger partial charge in [0, 0.05) is 18.7 Å². The Morgan fingerprint density at radius 2 is 1.93 bits per heavy atom. The van der Waals surface area contributed by atoms with Gasteiger partial charge in [0.25, 0.3) is 11.6 Å². The summed E-state index contributed by atoms with van der Waals surface area (Å²) in [5.74, 6) is 0.518. The van der Waals surface area contributed by atoms with E-state index in [1.807, 2.05) is 49.1 Å². The summed E-state index contributed by atoms with van der Waals surface area (Å²) in [5.41, 5.74) is 10.3. The summed E-state index contributed by atoms with van der Waals surface area (Å²) < 4.78 is 5.40. The number of aryl methyl sites for hydroxylation is 2. The van der Waals surface area contributed by atoms with Gasteiger partial charge in [0.1, 0.15) is 0 Å². The summed E-state index contributed by atoms with van der Waals surface area (Å²) in [6.07, 6.45) is 1.90. The van der Waals surface area contributed by atoms with Crippen LogP contribution in [0.2, 0.25) is 0 Å². The van der Waals surface area contributed by atoms with Crippen molar-refractivity contribution in [2.45, 2.75) is 26.7 Å². The molecule has 1 amide bonds. The van der Waals surface area contributed by atoms with Crippen molar-refractivity contribution in [1.82, 2.24) is 15.0 Å². The van der Waals surface area contributed by atoms with E-state index < -0.39 is 0 Å². The molecule has 1 fully saturated rings. The number of fused-ring (bicyclic) bond motifs is 1. The standard InChI is InChI=1S/C21H24N4O2/c1-13-3-5-16(6-4-13)18-11-17(19-14(2)24-27-20(19)23-18)21(26)25-9-7-15(12-22)8-10-25/h3-6,11,15H,7-10,12,22H2,1-2H3. The number of nitrogens with two attached hydrogens (primary N) is 1. The van der Waals surface area contributed by atoms with E-state index in [1.165, 1.54) is 5.56 Å². The van der Waals surface area contributed by atoms with Gasteiger partial charge < -0.3 is 15.2 Å². The predicted molar refractivity (Wildman–Crippen MR) is 104 cm³/mol. The molecule has 3 aromatic rings. The van der Waals surface area contributed by atoms with Gasteiger partial charge in [-0.25, -0.2) is 4.98 Å². The summed E-state index contributed by atoms with van der Waals surface area (Å²) in [7, 11) is 0. The molecular formula is C21H24N4O2. The number of amides is 1. The zero-order valence-electron chi connectivity index (χ0n) is 15.7. The van der Waals surface area contributed by atoms with Gasteiger partial charge >= 0.3 is 0 Å². The molecule has 27 heavy (non-hydrogen) atoms. The van der Waals surface area contributed by atoms with Gasteiger partial charge in [0.15, 0.2) is 0 Å². The van der Waals surface area contributed by atoms with Crippen molar-refractivity contribution in [2.75, 3.05) is 19.6 Å². The SMILES string of the molecule is Cc1ccc(-c2cc(C(=O)N3CCC(CN)CC3)c3c(C)noc3n2)cc1. The van der Waals surface area contributed by atoms with E-state index in [2.05, 4.69) is 10.1 Å². The zero-order chi connectivity index (χ0) is 19.0. The van der Waals surface area contributed by atoms with Gasteiger partial charge in [0.05, 0.1) is 22.3 Å². The van der Waals surface area contributed by atoms with E-state index in [4.69, 9.17) is 10.3 Å². The third-order valence-corrected chi connectivity index (χ3v) is 5.43. The van der Waals surface area contributed by atoms with Gasteiger partial charge in [-0.3, -0.25) is 4.79 Å². The number of hydrogen-bond acceptors (Lipinski definition) is 5. The fourth-order valence-electron chi connectivity index (χ4n) is 3.68. The number of pyridine rings is 1. The molecule has 6 heteroatoms. The number of piperidine rings is 1. The Morgan fingerprint density at radius 3 is 2.59 bits per heavy atom. The van der Waals surface area contributed by atoms with Gasteiger partial charge in [-0.1, -0.05) is 35.0 Å². The quantitative estimate of drug-likeness (QED) is 0.770. The van der Waals surface area contributed by atoms with E-state index in [9.17, 15) is 4.79 Å². The molecule has 0 radical (unpaired) electrons. The first-order valence-corrected chi connectivity index (χ1v) is 9.40. The monoisotopic (exact) mass is 364 g/mol. The van der Waals surface area contributed by atoms with E-state index in [0.717, 1.165) is 37.2 Å². The van der Waals surface area contributed by atoms with Crippen molar-refractivity contribution in [3.8, 4) is 11.3 Å². The van der Waals surface area contributed by atoms with E-state index in [0.29, 0.717) is 34.8 Å². The Labute approximate surface area is 158 Å². The topological polar surface area (TPSA) is 85.2 Å². The highest BCUT2D eigenvalue weighted by molar-refractivity contribution is 6.07. The molecule has 0 atom stereocenters. The first kappa shape index (κ1) is 17.7. The summed E-state index contributed by atoms with van der Waals surface area (Å²) in [6, 6.07) is 9.95. The number of hydrogen-bond donors (Lipinski definition) is 1. The predicted octanol–water partition coefficient (Wildman–Crippen LogP) is 3.32. The number of rotatable bonds is 3. The van der Waals surface area contributed by atoms with E-state index in [1.54, 1.807) is 0 Å². The highest BCUT2D eigenvalue weighted by Gasteiger charge is 2.26. The lowest BCUT2D eigenvalue weighted by molar-refractivity contribution is 0.0695. The molecule has 1 aromatic carbocycles. The molecule has 2 N–H and O–H groups in total. The van der Waals surface area contributed by atoms with Crippen molar-refractivity contribution < 1.29 is 9.32 Å². The number of nitrogens with zero attached hydrogens (tertiary/aromatic N) is 3. The van der Waals surface area contributed by atoms with Crippen LogP contribution in [0.4, 0.5) is 0 Å². The first-order chi connectivity index (χ1) is 13.1. The van der Waals surface area contributed by atoms with Crippen LogP contribution in [0.1, 0.15) is 34.5 Å². The van der Waals surface area contributed by atoms with Crippen LogP contribution in [0.3, 0.4) is 0 Å².